The number of carboxylic acids is 1. The summed E-state index contributed by atoms with van der Waals surface area (Å²) in [5, 5.41) is 7.31. The topological polar surface area (TPSA) is 146 Å². The van der Waals surface area contributed by atoms with E-state index in [2.05, 4.69) is 0 Å². The molecule has 8 nitrogen and oxygen atoms in total. The van der Waals surface area contributed by atoms with Gasteiger partial charge in [-0.05, 0) is 18.8 Å². The van der Waals surface area contributed by atoms with E-state index in [4.69, 9.17) is 9.66 Å². The Labute approximate surface area is 130 Å². The molecule has 0 aromatic rings. The van der Waals surface area contributed by atoms with Gasteiger partial charge in [-0.1, -0.05) is 32.1 Å². The molecule has 0 aromatic heterocycles. The zero-order valence-electron chi connectivity index (χ0n) is 12.1. The molecule has 0 heterocycles. The van der Waals surface area contributed by atoms with E-state index in [0.717, 1.165) is 32.1 Å². The fourth-order valence-electron chi connectivity index (χ4n) is 3.00. The Balaban J connectivity index is 2.87. The van der Waals surface area contributed by atoms with Gasteiger partial charge in [0.05, 0.1) is 11.7 Å². The van der Waals surface area contributed by atoms with E-state index in [1.165, 1.54) is 0 Å². The average Bonchev–Trinajstić information content (AvgIpc) is 2.35. The SMILES string of the molecule is O=C(O)C(CS(=O)(=O)O)C(CCC1CCCCC1)S(=O)(=O)O. The van der Waals surface area contributed by atoms with Gasteiger partial charge in [-0.2, -0.15) is 16.8 Å². The monoisotopic (exact) mass is 358 g/mol. The van der Waals surface area contributed by atoms with E-state index < -0.39 is 43.1 Å². The van der Waals surface area contributed by atoms with Crippen LogP contribution in [0.5, 0.6) is 0 Å². The number of hydrogen-bond donors (Lipinski definition) is 3. The Hall–Kier alpha value is -0.710. The Morgan fingerprint density at radius 2 is 1.59 bits per heavy atom. The molecule has 1 fully saturated rings. The molecule has 0 amide bonds. The summed E-state index contributed by atoms with van der Waals surface area (Å²) >= 11 is 0. The molecule has 0 bridgehead atoms. The second-order valence-electron chi connectivity index (χ2n) is 5.83. The first kappa shape index (κ1) is 19.3. The van der Waals surface area contributed by atoms with Gasteiger partial charge in [0.15, 0.2) is 0 Å². The maximum Gasteiger partial charge on any atom is 0.309 e. The van der Waals surface area contributed by atoms with Crippen LogP contribution in [0, 0.1) is 11.8 Å². The van der Waals surface area contributed by atoms with Gasteiger partial charge >= 0.3 is 5.97 Å². The van der Waals surface area contributed by atoms with Crippen LogP contribution in [0.25, 0.3) is 0 Å². The van der Waals surface area contributed by atoms with Gasteiger partial charge < -0.3 is 5.11 Å². The fourth-order valence-corrected chi connectivity index (χ4v) is 5.01. The number of carboxylic acid groups (broad SMARTS) is 1. The molecular weight excluding hydrogens is 336 g/mol. The molecule has 0 radical (unpaired) electrons. The van der Waals surface area contributed by atoms with E-state index in [0.29, 0.717) is 6.42 Å². The van der Waals surface area contributed by atoms with Crippen molar-refractivity contribution in [3.8, 4) is 0 Å². The molecule has 0 spiro atoms. The average molecular weight is 358 g/mol. The van der Waals surface area contributed by atoms with Crippen LogP contribution in [0.3, 0.4) is 0 Å². The molecule has 1 saturated carbocycles. The Kier molecular flexibility index (Phi) is 6.78. The van der Waals surface area contributed by atoms with Gasteiger partial charge in [0.1, 0.15) is 5.25 Å². The fraction of sp³-hybridized carbons (Fsp3) is 0.917. The summed E-state index contributed by atoms with van der Waals surface area (Å²) in [5.74, 6) is -4.56. The summed E-state index contributed by atoms with van der Waals surface area (Å²) in [6, 6.07) is 0. The summed E-state index contributed by atoms with van der Waals surface area (Å²) < 4.78 is 62.8. The predicted octanol–water partition coefficient (Wildman–Crippen LogP) is 1.19. The van der Waals surface area contributed by atoms with Crippen LogP contribution < -0.4 is 0 Å². The van der Waals surface area contributed by atoms with Gasteiger partial charge in [0, 0.05) is 0 Å². The van der Waals surface area contributed by atoms with Crippen molar-refractivity contribution in [2.45, 2.75) is 50.2 Å². The van der Waals surface area contributed by atoms with Crippen LogP contribution in [-0.2, 0) is 25.0 Å². The normalized spacial score (nSPS) is 20.5. The third-order valence-corrected chi connectivity index (χ3v) is 6.23. The maximum atomic E-state index is 11.5. The summed E-state index contributed by atoms with van der Waals surface area (Å²) in [5.41, 5.74) is 0. The summed E-state index contributed by atoms with van der Waals surface area (Å²) in [6.45, 7) is 0. The summed E-state index contributed by atoms with van der Waals surface area (Å²) in [7, 11) is -9.41. The molecule has 0 aromatic carbocycles. The molecular formula is C12H22O8S2. The molecule has 1 aliphatic carbocycles. The highest BCUT2D eigenvalue weighted by Crippen LogP contribution is 2.30. The second-order valence-corrected chi connectivity index (χ2v) is 8.96. The lowest BCUT2D eigenvalue weighted by Crippen LogP contribution is -2.39. The molecule has 0 saturated heterocycles. The lowest BCUT2D eigenvalue weighted by atomic mass is 9.85. The van der Waals surface area contributed by atoms with E-state index >= 15 is 0 Å². The van der Waals surface area contributed by atoms with E-state index in [9.17, 15) is 26.2 Å². The molecule has 3 N–H and O–H groups in total. The van der Waals surface area contributed by atoms with Crippen molar-refractivity contribution in [1.82, 2.24) is 0 Å². The van der Waals surface area contributed by atoms with Crippen molar-refractivity contribution >= 4 is 26.2 Å². The predicted molar refractivity (Wildman–Crippen MR) is 78.7 cm³/mol. The van der Waals surface area contributed by atoms with Crippen molar-refractivity contribution in [3.05, 3.63) is 0 Å². The Morgan fingerprint density at radius 3 is 2.00 bits per heavy atom. The van der Waals surface area contributed by atoms with Gasteiger partial charge in [-0.15, -0.1) is 0 Å². The van der Waals surface area contributed by atoms with Crippen LogP contribution in [0.4, 0.5) is 0 Å². The number of rotatable bonds is 8. The third kappa shape index (κ3) is 6.59. The third-order valence-electron chi connectivity index (χ3n) is 4.12. The Bertz CT molecular complexity index is 574. The van der Waals surface area contributed by atoms with Gasteiger partial charge in [-0.25, -0.2) is 0 Å². The highest BCUT2D eigenvalue weighted by atomic mass is 32.2. The van der Waals surface area contributed by atoms with Crippen molar-refractivity contribution in [3.63, 3.8) is 0 Å². The van der Waals surface area contributed by atoms with Crippen LogP contribution in [0.15, 0.2) is 0 Å². The standard InChI is InChI=1S/C12H22O8S2/c13-12(14)10(8-21(15,16)17)11(22(18,19)20)7-6-9-4-2-1-3-5-9/h9-11H,1-8H2,(H,13,14)(H,15,16,17)(H,18,19,20). The molecule has 10 heteroatoms. The molecule has 2 unspecified atom stereocenters. The number of hydrogen-bond acceptors (Lipinski definition) is 5. The van der Waals surface area contributed by atoms with Gasteiger partial charge in [0.2, 0.25) is 0 Å². The molecule has 0 aliphatic heterocycles. The summed E-state index contributed by atoms with van der Waals surface area (Å²) in [4.78, 5) is 11.2. The van der Waals surface area contributed by atoms with E-state index in [-0.39, 0.29) is 12.3 Å². The molecule has 1 rings (SSSR count). The number of aliphatic carboxylic acids is 1. The summed E-state index contributed by atoms with van der Waals surface area (Å²) in [6.07, 6.45) is 5.24. The maximum absolute atomic E-state index is 11.5. The first-order chi connectivity index (χ1) is 10.0. The molecule has 1 aliphatic rings. The minimum Gasteiger partial charge on any atom is -0.481 e. The van der Waals surface area contributed by atoms with Crippen molar-refractivity contribution < 1.29 is 35.8 Å². The molecule has 22 heavy (non-hydrogen) atoms. The van der Waals surface area contributed by atoms with Gasteiger partial charge in [0.25, 0.3) is 20.2 Å². The van der Waals surface area contributed by atoms with E-state index in [1.54, 1.807) is 0 Å². The zero-order chi connectivity index (χ0) is 17.0. The lowest BCUT2D eigenvalue weighted by Gasteiger charge is -2.25. The minimum absolute atomic E-state index is 0.143. The van der Waals surface area contributed by atoms with Crippen LogP contribution in [-0.4, -0.2) is 48.0 Å². The van der Waals surface area contributed by atoms with Crippen LogP contribution in [0.2, 0.25) is 0 Å². The Morgan fingerprint density at radius 1 is 1.05 bits per heavy atom. The smallest absolute Gasteiger partial charge is 0.309 e. The van der Waals surface area contributed by atoms with Crippen molar-refractivity contribution in [2.75, 3.05) is 5.75 Å². The van der Waals surface area contributed by atoms with Crippen LogP contribution in [0.1, 0.15) is 44.9 Å². The highest BCUT2D eigenvalue weighted by Gasteiger charge is 2.40. The largest absolute Gasteiger partial charge is 0.481 e. The van der Waals surface area contributed by atoms with Crippen LogP contribution >= 0.6 is 0 Å². The molecule has 130 valence electrons. The quantitative estimate of drug-likeness (QED) is 0.548. The zero-order valence-corrected chi connectivity index (χ0v) is 13.7. The van der Waals surface area contributed by atoms with Crippen molar-refractivity contribution in [1.29, 1.82) is 0 Å². The minimum atomic E-state index is -4.74. The second kappa shape index (κ2) is 7.71. The van der Waals surface area contributed by atoms with E-state index in [1.807, 2.05) is 0 Å². The molecule has 2 atom stereocenters. The first-order valence-corrected chi connectivity index (χ1v) is 10.3. The lowest BCUT2D eigenvalue weighted by molar-refractivity contribution is -0.141. The number of carbonyl (C=O) groups is 1. The first-order valence-electron chi connectivity index (χ1n) is 7.15. The van der Waals surface area contributed by atoms with Crippen molar-refractivity contribution in [2.24, 2.45) is 11.8 Å². The highest BCUT2D eigenvalue weighted by molar-refractivity contribution is 7.87. The van der Waals surface area contributed by atoms with Gasteiger partial charge in [-0.3, -0.25) is 13.9 Å².